The van der Waals surface area contributed by atoms with Gasteiger partial charge in [-0.2, -0.15) is 0 Å². The molecule has 2 aliphatic rings. The predicted molar refractivity (Wildman–Crippen MR) is 107 cm³/mol. The van der Waals surface area contributed by atoms with Crippen LogP contribution in [0.5, 0.6) is 5.75 Å². The molecule has 3 rings (SSSR count). The zero-order valence-electron chi connectivity index (χ0n) is 17.7. The number of carbonyl (C=O) groups is 3. The van der Waals surface area contributed by atoms with Crippen molar-refractivity contribution in [2.75, 3.05) is 19.8 Å². The first-order chi connectivity index (χ1) is 14.1. The molecular formula is C22H29FN2O5. The first-order valence-electron chi connectivity index (χ1n) is 10.3. The Morgan fingerprint density at radius 3 is 2.50 bits per heavy atom. The number of halogens is 1. The molecule has 0 radical (unpaired) electrons. The molecule has 30 heavy (non-hydrogen) atoms. The Balaban J connectivity index is 1.47. The Labute approximate surface area is 175 Å². The molecule has 164 valence electrons. The lowest BCUT2D eigenvalue weighted by Gasteiger charge is -2.40. The minimum atomic E-state index is -0.910. The van der Waals surface area contributed by atoms with Crippen molar-refractivity contribution in [2.45, 2.75) is 52.0 Å². The molecule has 1 saturated heterocycles. The topological polar surface area (TPSA) is 84.9 Å². The zero-order valence-corrected chi connectivity index (χ0v) is 17.7. The number of hydrogen-bond donors (Lipinski definition) is 1. The molecule has 8 heteroatoms. The van der Waals surface area contributed by atoms with E-state index in [0.717, 1.165) is 17.7 Å². The summed E-state index contributed by atoms with van der Waals surface area (Å²) in [6.45, 7) is 5.95. The second kappa shape index (κ2) is 8.62. The Hall–Kier alpha value is -2.64. The summed E-state index contributed by atoms with van der Waals surface area (Å²) in [6.07, 6.45) is 2.84. The summed E-state index contributed by atoms with van der Waals surface area (Å²) in [6, 6.07) is 5.35. The number of para-hydroxylation sites is 1. The van der Waals surface area contributed by atoms with Gasteiger partial charge in [-0.25, -0.2) is 9.18 Å². The standard InChI is InChI=1S/C22H29FN2O5/c1-21(2,3)15-8-10-22(11-9-15)19(27)25(20(28)24-22)14-18(26)30-13-12-29-17-7-5-4-6-16(17)23/h4-7,15H,8-14H2,1-3H3,(H,24,28). The summed E-state index contributed by atoms with van der Waals surface area (Å²) in [5.74, 6) is -1.03. The SMILES string of the molecule is CC(C)(C)C1CCC2(CC1)NC(=O)N(CC(=O)OCCOc1ccccc1F)C2=O. The first-order valence-corrected chi connectivity index (χ1v) is 10.3. The largest absolute Gasteiger partial charge is 0.487 e. The van der Waals surface area contributed by atoms with E-state index in [1.165, 1.54) is 12.1 Å². The molecule has 0 aromatic heterocycles. The molecule has 1 aliphatic heterocycles. The van der Waals surface area contributed by atoms with Crippen LogP contribution in [0, 0.1) is 17.2 Å². The minimum Gasteiger partial charge on any atom is -0.487 e. The molecule has 3 amide bonds. The number of ether oxygens (including phenoxy) is 2. The van der Waals surface area contributed by atoms with E-state index in [4.69, 9.17) is 9.47 Å². The van der Waals surface area contributed by atoms with E-state index in [2.05, 4.69) is 26.1 Å². The number of benzene rings is 1. The number of imide groups is 1. The van der Waals surface area contributed by atoms with Crippen molar-refractivity contribution >= 4 is 17.9 Å². The fourth-order valence-corrected chi connectivity index (χ4v) is 4.18. The number of nitrogens with one attached hydrogen (secondary N) is 1. The number of nitrogens with zero attached hydrogens (tertiary/aromatic N) is 1. The molecule has 7 nitrogen and oxygen atoms in total. The molecule has 0 atom stereocenters. The second-order valence-electron chi connectivity index (χ2n) is 9.04. The van der Waals surface area contributed by atoms with Gasteiger partial charge in [-0.1, -0.05) is 32.9 Å². The van der Waals surface area contributed by atoms with Gasteiger partial charge in [-0.15, -0.1) is 0 Å². The van der Waals surface area contributed by atoms with E-state index >= 15 is 0 Å². The average Bonchev–Trinajstić information content (AvgIpc) is 2.90. The maximum Gasteiger partial charge on any atom is 0.326 e. The summed E-state index contributed by atoms with van der Waals surface area (Å²) in [5.41, 5.74) is -0.755. The Morgan fingerprint density at radius 2 is 1.87 bits per heavy atom. The van der Waals surface area contributed by atoms with E-state index in [-0.39, 0.29) is 30.3 Å². The van der Waals surface area contributed by atoms with Crippen LogP contribution in [0.25, 0.3) is 0 Å². The van der Waals surface area contributed by atoms with Gasteiger partial charge in [0.25, 0.3) is 5.91 Å². The zero-order chi connectivity index (χ0) is 21.9. The van der Waals surface area contributed by atoms with Crippen LogP contribution in [0.3, 0.4) is 0 Å². The molecule has 1 aromatic carbocycles. The highest BCUT2D eigenvalue weighted by Crippen LogP contribution is 2.43. The second-order valence-corrected chi connectivity index (χ2v) is 9.04. The summed E-state index contributed by atoms with van der Waals surface area (Å²) in [5, 5.41) is 2.80. The lowest BCUT2D eigenvalue weighted by atomic mass is 9.67. The Bertz CT molecular complexity index is 812. The third kappa shape index (κ3) is 4.74. The van der Waals surface area contributed by atoms with Gasteiger partial charge < -0.3 is 14.8 Å². The van der Waals surface area contributed by atoms with Crippen molar-refractivity contribution in [3.05, 3.63) is 30.1 Å². The molecule has 0 unspecified atom stereocenters. The van der Waals surface area contributed by atoms with Crippen molar-refractivity contribution in [1.29, 1.82) is 0 Å². The van der Waals surface area contributed by atoms with Gasteiger partial charge in [0, 0.05) is 0 Å². The monoisotopic (exact) mass is 420 g/mol. The Morgan fingerprint density at radius 1 is 1.20 bits per heavy atom. The number of rotatable bonds is 6. The normalized spacial score (nSPS) is 24.1. The van der Waals surface area contributed by atoms with E-state index in [9.17, 15) is 18.8 Å². The van der Waals surface area contributed by atoms with Crippen LogP contribution in [0.4, 0.5) is 9.18 Å². The van der Waals surface area contributed by atoms with Gasteiger partial charge in [-0.3, -0.25) is 14.5 Å². The number of amides is 3. The highest BCUT2D eigenvalue weighted by molar-refractivity contribution is 6.08. The summed E-state index contributed by atoms with van der Waals surface area (Å²) < 4.78 is 23.7. The number of urea groups is 1. The molecule has 2 fully saturated rings. The maximum atomic E-state index is 13.5. The fraction of sp³-hybridized carbons (Fsp3) is 0.591. The van der Waals surface area contributed by atoms with Gasteiger partial charge in [0.15, 0.2) is 11.6 Å². The molecule has 0 bridgehead atoms. The molecule has 1 spiro atoms. The van der Waals surface area contributed by atoms with Crippen LogP contribution < -0.4 is 10.1 Å². The molecule has 1 aromatic rings. The van der Waals surface area contributed by atoms with Gasteiger partial charge in [0.1, 0.15) is 25.3 Å². The van der Waals surface area contributed by atoms with E-state index in [1.807, 2.05) is 0 Å². The van der Waals surface area contributed by atoms with Gasteiger partial charge in [0.2, 0.25) is 0 Å². The quantitative estimate of drug-likeness (QED) is 0.434. The minimum absolute atomic E-state index is 0.0368. The van der Waals surface area contributed by atoms with Crippen LogP contribution in [0.15, 0.2) is 24.3 Å². The fourth-order valence-electron chi connectivity index (χ4n) is 4.18. The third-order valence-electron chi connectivity index (χ3n) is 6.04. The van der Waals surface area contributed by atoms with E-state index < -0.39 is 29.9 Å². The third-order valence-corrected chi connectivity index (χ3v) is 6.04. The van der Waals surface area contributed by atoms with Gasteiger partial charge in [0.05, 0.1) is 0 Å². The molecule has 1 aliphatic carbocycles. The van der Waals surface area contributed by atoms with Crippen molar-refractivity contribution in [1.82, 2.24) is 10.2 Å². The summed E-state index contributed by atoms with van der Waals surface area (Å²) >= 11 is 0. The lowest BCUT2D eigenvalue weighted by molar-refractivity contribution is -0.148. The number of carbonyl (C=O) groups excluding carboxylic acids is 3. The number of esters is 1. The van der Waals surface area contributed by atoms with Crippen molar-refractivity contribution in [3.63, 3.8) is 0 Å². The summed E-state index contributed by atoms with van der Waals surface area (Å²) in [7, 11) is 0. The molecular weight excluding hydrogens is 391 g/mol. The predicted octanol–water partition coefficient (Wildman–Crippen LogP) is 3.27. The highest BCUT2D eigenvalue weighted by atomic mass is 19.1. The summed E-state index contributed by atoms with van der Waals surface area (Å²) in [4.78, 5) is 38.3. The highest BCUT2D eigenvalue weighted by Gasteiger charge is 2.53. The average molecular weight is 420 g/mol. The lowest BCUT2D eigenvalue weighted by Crippen LogP contribution is -2.50. The van der Waals surface area contributed by atoms with Crippen LogP contribution in [0.2, 0.25) is 0 Å². The number of hydrogen-bond acceptors (Lipinski definition) is 5. The van der Waals surface area contributed by atoms with Crippen LogP contribution in [-0.4, -0.2) is 48.1 Å². The van der Waals surface area contributed by atoms with Crippen LogP contribution >= 0.6 is 0 Å². The van der Waals surface area contributed by atoms with E-state index in [1.54, 1.807) is 12.1 Å². The first kappa shape index (κ1) is 22.1. The van der Waals surface area contributed by atoms with Gasteiger partial charge in [-0.05, 0) is 49.1 Å². The van der Waals surface area contributed by atoms with Crippen LogP contribution in [-0.2, 0) is 14.3 Å². The molecule has 1 N–H and O–H groups in total. The molecule has 1 heterocycles. The van der Waals surface area contributed by atoms with Crippen LogP contribution in [0.1, 0.15) is 46.5 Å². The Kier molecular flexibility index (Phi) is 6.33. The maximum absolute atomic E-state index is 13.5. The van der Waals surface area contributed by atoms with Crippen molar-refractivity contribution < 1.29 is 28.2 Å². The molecule has 1 saturated carbocycles. The van der Waals surface area contributed by atoms with Crippen molar-refractivity contribution in [3.8, 4) is 5.75 Å². The van der Waals surface area contributed by atoms with Crippen molar-refractivity contribution in [2.24, 2.45) is 11.3 Å². The van der Waals surface area contributed by atoms with E-state index in [0.29, 0.717) is 18.8 Å². The van der Waals surface area contributed by atoms with Gasteiger partial charge >= 0.3 is 12.0 Å². The smallest absolute Gasteiger partial charge is 0.326 e.